The molecule has 4 rings (SSSR count). The number of aliphatic hydroxyl groups excluding tert-OH is 2. The number of pyridine rings is 1. The monoisotopic (exact) mass is 440 g/mol. The van der Waals surface area contributed by atoms with Crippen molar-refractivity contribution >= 4 is 13.6 Å². The minimum atomic E-state index is -3.93. The Morgan fingerprint density at radius 2 is 2.03 bits per heavy atom. The molecule has 2 aromatic rings. The number of rotatable bonds is 5. The highest BCUT2D eigenvalue weighted by atomic mass is 31.2. The normalized spacial score (nSPS) is 34.1. The van der Waals surface area contributed by atoms with Crippen molar-refractivity contribution in [2.75, 3.05) is 18.9 Å². The predicted octanol–water partition coefficient (Wildman–Crippen LogP) is 0.143. The SMILES string of the molecule is Nc1ccn(C2OC(COP3(=O)OCCC(c4ccncc4)O3)C(O)C2O)c(=O)n1. The van der Waals surface area contributed by atoms with Crippen molar-refractivity contribution in [3.05, 3.63) is 52.8 Å². The Balaban J connectivity index is 1.42. The summed E-state index contributed by atoms with van der Waals surface area (Å²) in [5.74, 6) is 0.0117. The first-order valence-corrected chi connectivity index (χ1v) is 10.7. The van der Waals surface area contributed by atoms with Gasteiger partial charge in [-0.3, -0.25) is 23.1 Å². The number of phosphoric acid groups is 1. The molecule has 0 aliphatic carbocycles. The third-order valence-electron chi connectivity index (χ3n) is 4.82. The topological polar surface area (TPSA) is 168 Å². The maximum Gasteiger partial charge on any atom is 0.475 e. The van der Waals surface area contributed by atoms with E-state index in [0.29, 0.717) is 6.42 Å². The number of nitrogens with zero attached hydrogens (tertiary/aromatic N) is 3. The van der Waals surface area contributed by atoms with Crippen molar-refractivity contribution < 1.29 is 33.1 Å². The lowest BCUT2D eigenvalue weighted by molar-refractivity contribution is -0.0609. The van der Waals surface area contributed by atoms with Crippen molar-refractivity contribution in [3.8, 4) is 0 Å². The van der Waals surface area contributed by atoms with E-state index in [1.807, 2.05) is 0 Å². The van der Waals surface area contributed by atoms with Gasteiger partial charge in [-0.15, -0.1) is 0 Å². The molecule has 0 saturated carbocycles. The lowest BCUT2D eigenvalue weighted by atomic mass is 10.1. The number of nitrogens with two attached hydrogens (primary N) is 1. The molecular weight excluding hydrogens is 419 g/mol. The number of hydrogen-bond donors (Lipinski definition) is 3. The van der Waals surface area contributed by atoms with Gasteiger partial charge in [-0.25, -0.2) is 9.36 Å². The van der Waals surface area contributed by atoms with Gasteiger partial charge in [0.15, 0.2) is 6.23 Å². The van der Waals surface area contributed by atoms with Crippen LogP contribution in [0.5, 0.6) is 0 Å². The molecule has 0 bridgehead atoms. The molecule has 4 N–H and O–H groups in total. The molecule has 30 heavy (non-hydrogen) atoms. The number of phosphoric ester groups is 1. The van der Waals surface area contributed by atoms with Crippen molar-refractivity contribution in [2.24, 2.45) is 0 Å². The fraction of sp³-hybridized carbons (Fsp3) is 0.471. The first-order chi connectivity index (χ1) is 14.4. The zero-order valence-corrected chi connectivity index (χ0v) is 16.6. The third-order valence-corrected chi connectivity index (χ3v) is 6.30. The molecule has 13 heteroatoms. The summed E-state index contributed by atoms with van der Waals surface area (Å²) in [6, 6.07) is 4.84. The average Bonchev–Trinajstić information content (AvgIpc) is 3.01. The van der Waals surface area contributed by atoms with Gasteiger partial charge >= 0.3 is 13.5 Å². The van der Waals surface area contributed by atoms with Gasteiger partial charge < -0.3 is 20.7 Å². The summed E-state index contributed by atoms with van der Waals surface area (Å²) in [6.45, 7) is -0.248. The van der Waals surface area contributed by atoms with Gasteiger partial charge in [0.2, 0.25) is 0 Å². The molecule has 6 unspecified atom stereocenters. The van der Waals surface area contributed by atoms with Gasteiger partial charge in [0, 0.05) is 25.0 Å². The molecule has 0 amide bonds. The Kier molecular flexibility index (Phi) is 5.98. The van der Waals surface area contributed by atoms with Crippen LogP contribution in [0.4, 0.5) is 5.82 Å². The first kappa shape index (κ1) is 21.1. The van der Waals surface area contributed by atoms with Crippen LogP contribution < -0.4 is 11.4 Å². The Hall–Kier alpha value is -2.18. The maximum atomic E-state index is 12.8. The quantitative estimate of drug-likeness (QED) is 0.541. The summed E-state index contributed by atoms with van der Waals surface area (Å²) in [5.41, 5.74) is 5.48. The molecule has 6 atom stereocenters. The second kappa shape index (κ2) is 8.52. The lowest BCUT2D eigenvalue weighted by Gasteiger charge is -2.29. The van der Waals surface area contributed by atoms with Crippen LogP contribution in [-0.2, 0) is 22.9 Å². The van der Waals surface area contributed by atoms with Gasteiger partial charge in [0.05, 0.1) is 19.3 Å². The second-order valence-corrected chi connectivity index (χ2v) is 8.45. The highest BCUT2D eigenvalue weighted by molar-refractivity contribution is 7.48. The standard InChI is InChI=1S/C17H21N4O8P/c18-13-3-7-21(17(24)20-13)16-15(23)14(22)12(28-16)9-27-30(25)26-8-4-11(29-30)10-1-5-19-6-2-10/h1-3,5-7,11-12,14-16,22-23H,4,8-9H2,(H2,18,20,24). The number of aromatic nitrogens is 3. The third kappa shape index (κ3) is 4.30. The summed E-state index contributed by atoms with van der Waals surface area (Å²) in [5, 5.41) is 20.6. The number of ether oxygens (including phenoxy) is 1. The van der Waals surface area contributed by atoms with Gasteiger partial charge in [-0.05, 0) is 23.8 Å². The summed E-state index contributed by atoms with van der Waals surface area (Å²) in [4.78, 5) is 19.5. The molecule has 0 spiro atoms. The Morgan fingerprint density at radius 3 is 2.77 bits per heavy atom. The molecule has 0 radical (unpaired) electrons. The van der Waals surface area contributed by atoms with Gasteiger partial charge in [-0.1, -0.05) is 0 Å². The fourth-order valence-electron chi connectivity index (χ4n) is 3.26. The molecule has 2 aliphatic rings. The van der Waals surface area contributed by atoms with Gasteiger partial charge in [0.1, 0.15) is 24.1 Å². The molecule has 4 heterocycles. The molecule has 2 fully saturated rings. The van der Waals surface area contributed by atoms with E-state index in [1.54, 1.807) is 24.5 Å². The second-order valence-electron chi connectivity index (χ2n) is 6.83. The Bertz CT molecular complexity index is 989. The Morgan fingerprint density at radius 1 is 1.27 bits per heavy atom. The molecule has 2 aromatic heterocycles. The van der Waals surface area contributed by atoms with Crippen LogP contribution in [0.3, 0.4) is 0 Å². The molecule has 162 valence electrons. The Labute approximate surface area is 170 Å². The van der Waals surface area contributed by atoms with Crippen LogP contribution in [0, 0.1) is 0 Å². The summed E-state index contributed by atoms with van der Waals surface area (Å²) in [7, 11) is -3.93. The smallest absolute Gasteiger partial charge is 0.387 e. The lowest BCUT2D eigenvalue weighted by Crippen LogP contribution is -2.36. The summed E-state index contributed by atoms with van der Waals surface area (Å²) < 4.78 is 35.5. The van der Waals surface area contributed by atoms with Crippen LogP contribution in [0.1, 0.15) is 24.3 Å². The van der Waals surface area contributed by atoms with Crippen LogP contribution in [0.15, 0.2) is 41.6 Å². The van der Waals surface area contributed by atoms with E-state index < -0.39 is 50.8 Å². The fourth-order valence-corrected chi connectivity index (χ4v) is 4.66. The zero-order valence-electron chi connectivity index (χ0n) is 15.7. The van der Waals surface area contributed by atoms with E-state index >= 15 is 0 Å². The maximum absolute atomic E-state index is 12.8. The van der Waals surface area contributed by atoms with E-state index in [4.69, 9.17) is 24.0 Å². The average molecular weight is 440 g/mol. The highest BCUT2D eigenvalue weighted by Gasteiger charge is 2.46. The van der Waals surface area contributed by atoms with Gasteiger partial charge in [-0.2, -0.15) is 4.98 Å². The van der Waals surface area contributed by atoms with Crippen molar-refractivity contribution in [2.45, 2.75) is 37.1 Å². The van der Waals surface area contributed by atoms with E-state index in [9.17, 15) is 19.6 Å². The van der Waals surface area contributed by atoms with Crippen molar-refractivity contribution in [3.63, 3.8) is 0 Å². The molecule has 2 saturated heterocycles. The highest BCUT2D eigenvalue weighted by Crippen LogP contribution is 2.57. The molecular formula is C17H21N4O8P. The number of nitrogen functional groups attached to an aromatic ring is 1. The zero-order chi connectivity index (χ0) is 21.3. The van der Waals surface area contributed by atoms with Crippen LogP contribution in [0.25, 0.3) is 0 Å². The number of hydrogen-bond acceptors (Lipinski definition) is 11. The largest absolute Gasteiger partial charge is 0.475 e. The van der Waals surface area contributed by atoms with E-state index in [0.717, 1.165) is 10.1 Å². The van der Waals surface area contributed by atoms with Crippen molar-refractivity contribution in [1.29, 1.82) is 0 Å². The molecule has 2 aliphatic heterocycles. The number of aliphatic hydroxyl groups is 2. The van der Waals surface area contributed by atoms with Crippen LogP contribution >= 0.6 is 7.82 Å². The summed E-state index contributed by atoms with van der Waals surface area (Å²) >= 11 is 0. The van der Waals surface area contributed by atoms with E-state index in [2.05, 4.69) is 9.97 Å². The molecule has 0 aromatic carbocycles. The van der Waals surface area contributed by atoms with Crippen LogP contribution in [-0.4, -0.2) is 56.3 Å². The van der Waals surface area contributed by atoms with Gasteiger partial charge in [0.25, 0.3) is 0 Å². The minimum absolute atomic E-state index is 0.0117. The summed E-state index contributed by atoms with van der Waals surface area (Å²) in [6.07, 6.45) is -0.693. The van der Waals surface area contributed by atoms with E-state index in [-0.39, 0.29) is 12.4 Å². The van der Waals surface area contributed by atoms with Crippen LogP contribution in [0.2, 0.25) is 0 Å². The van der Waals surface area contributed by atoms with Crippen molar-refractivity contribution in [1.82, 2.24) is 14.5 Å². The minimum Gasteiger partial charge on any atom is -0.387 e. The predicted molar refractivity (Wildman–Crippen MR) is 101 cm³/mol. The first-order valence-electron chi connectivity index (χ1n) is 9.20. The number of anilines is 1. The molecule has 12 nitrogen and oxygen atoms in total. The van der Waals surface area contributed by atoms with E-state index in [1.165, 1.54) is 12.3 Å².